The first-order valence-electron chi connectivity index (χ1n) is 9.06. The number of anilines is 1. The smallest absolute Gasteiger partial charge is 0.257 e. The van der Waals surface area contributed by atoms with Crippen LogP contribution in [0.5, 0.6) is 11.5 Å². The molecule has 0 atom stereocenters. The predicted octanol–water partition coefficient (Wildman–Crippen LogP) is 3.57. The van der Waals surface area contributed by atoms with Crippen LogP contribution in [0.2, 0.25) is 0 Å². The van der Waals surface area contributed by atoms with Crippen LogP contribution in [0.25, 0.3) is 0 Å². The van der Waals surface area contributed by atoms with Gasteiger partial charge in [-0.25, -0.2) is 4.98 Å². The number of benzene rings is 1. The zero-order valence-corrected chi connectivity index (χ0v) is 16.3. The standard InChI is InChI=1S/C19H25N3O3S/c1-4-22-10-9-14-17(12-22)26-19(20-14)21-18(23)13-7-8-15(24-5-2)16(11-13)25-6-3/h7-8,11H,4-6,9-10,12H2,1-3H3,(H,20,21,23). The molecule has 0 spiro atoms. The number of hydrogen-bond acceptors (Lipinski definition) is 6. The molecular formula is C19H25N3O3S. The third-order valence-corrected chi connectivity index (χ3v) is 5.28. The summed E-state index contributed by atoms with van der Waals surface area (Å²) in [4.78, 5) is 20.8. The number of hydrogen-bond donors (Lipinski definition) is 1. The Morgan fingerprint density at radius 2 is 2.00 bits per heavy atom. The van der Waals surface area contributed by atoms with Crippen LogP contribution >= 0.6 is 11.3 Å². The van der Waals surface area contributed by atoms with Crippen LogP contribution in [-0.4, -0.2) is 42.1 Å². The second kappa shape index (κ2) is 8.51. The molecule has 2 heterocycles. The van der Waals surface area contributed by atoms with Crippen molar-refractivity contribution in [1.29, 1.82) is 0 Å². The third kappa shape index (κ3) is 4.16. The van der Waals surface area contributed by atoms with E-state index in [9.17, 15) is 4.79 Å². The van der Waals surface area contributed by atoms with Gasteiger partial charge in [-0.2, -0.15) is 0 Å². The molecule has 0 aliphatic carbocycles. The molecule has 0 fully saturated rings. The Balaban J connectivity index is 1.74. The maximum absolute atomic E-state index is 12.6. The topological polar surface area (TPSA) is 63.7 Å². The number of amides is 1. The normalized spacial score (nSPS) is 14.0. The molecule has 1 N–H and O–H groups in total. The van der Waals surface area contributed by atoms with Gasteiger partial charge in [0.1, 0.15) is 0 Å². The summed E-state index contributed by atoms with van der Waals surface area (Å²) in [5.74, 6) is 1.04. The average Bonchev–Trinajstić information content (AvgIpc) is 3.04. The molecule has 0 saturated carbocycles. The fraction of sp³-hybridized carbons (Fsp3) is 0.474. The van der Waals surface area contributed by atoms with Crippen molar-refractivity contribution in [1.82, 2.24) is 9.88 Å². The molecule has 0 saturated heterocycles. The van der Waals surface area contributed by atoms with E-state index in [1.165, 1.54) is 4.88 Å². The van der Waals surface area contributed by atoms with E-state index < -0.39 is 0 Å². The number of ether oxygens (including phenoxy) is 2. The molecule has 1 amide bonds. The van der Waals surface area contributed by atoms with Gasteiger partial charge in [0, 0.05) is 30.0 Å². The molecule has 0 radical (unpaired) electrons. The molecule has 6 nitrogen and oxygen atoms in total. The zero-order valence-electron chi connectivity index (χ0n) is 15.5. The summed E-state index contributed by atoms with van der Waals surface area (Å²) in [5.41, 5.74) is 1.64. The van der Waals surface area contributed by atoms with Crippen molar-refractivity contribution in [2.24, 2.45) is 0 Å². The van der Waals surface area contributed by atoms with Crippen molar-refractivity contribution in [3.8, 4) is 11.5 Å². The van der Waals surface area contributed by atoms with Gasteiger partial charge in [0.05, 0.1) is 18.9 Å². The van der Waals surface area contributed by atoms with Gasteiger partial charge in [0.2, 0.25) is 0 Å². The first-order valence-corrected chi connectivity index (χ1v) is 9.88. The highest BCUT2D eigenvalue weighted by molar-refractivity contribution is 7.15. The quantitative estimate of drug-likeness (QED) is 0.801. The molecule has 1 aliphatic rings. The van der Waals surface area contributed by atoms with E-state index in [1.807, 2.05) is 13.8 Å². The second-order valence-corrected chi connectivity index (χ2v) is 7.07. The van der Waals surface area contributed by atoms with Crippen molar-refractivity contribution >= 4 is 22.4 Å². The van der Waals surface area contributed by atoms with Crippen LogP contribution in [0.3, 0.4) is 0 Å². The lowest BCUT2D eigenvalue weighted by Gasteiger charge is -2.23. The van der Waals surface area contributed by atoms with Gasteiger partial charge in [0.15, 0.2) is 16.6 Å². The van der Waals surface area contributed by atoms with Crippen molar-refractivity contribution in [3.63, 3.8) is 0 Å². The summed E-state index contributed by atoms with van der Waals surface area (Å²) < 4.78 is 11.1. The fourth-order valence-electron chi connectivity index (χ4n) is 2.93. The van der Waals surface area contributed by atoms with Crippen LogP contribution in [0.1, 0.15) is 41.7 Å². The molecule has 140 valence electrons. The van der Waals surface area contributed by atoms with Crippen LogP contribution in [0, 0.1) is 0 Å². The van der Waals surface area contributed by atoms with Crippen molar-refractivity contribution < 1.29 is 14.3 Å². The summed E-state index contributed by atoms with van der Waals surface area (Å²) in [5, 5.41) is 3.58. The minimum absolute atomic E-state index is 0.188. The minimum Gasteiger partial charge on any atom is -0.490 e. The highest BCUT2D eigenvalue weighted by Gasteiger charge is 2.21. The fourth-order valence-corrected chi connectivity index (χ4v) is 3.98. The number of thiazole rings is 1. The van der Waals surface area contributed by atoms with Gasteiger partial charge in [-0.15, -0.1) is 11.3 Å². The molecule has 2 aromatic rings. The lowest BCUT2D eigenvalue weighted by atomic mass is 10.2. The molecule has 1 aromatic carbocycles. The van der Waals surface area contributed by atoms with Crippen LogP contribution < -0.4 is 14.8 Å². The maximum Gasteiger partial charge on any atom is 0.257 e. The van der Waals surface area contributed by atoms with Crippen LogP contribution in [0.15, 0.2) is 18.2 Å². The van der Waals surface area contributed by atoms with Crippen molar-refractivity contribution in [2.45, 2.75) is 33.7 Å². The Morgan fingerprint density at radius 1 is 1.23 bits per heavy atom. The number of likely N-dealkylation sites (N-methyl/N-ethyl adjacent to an activating group) is 1. The zero-order chi connectivity index (χ0) is 18.5. The summed E-state index contributed by atoms with van der Waals surface area (Å²) >= 11 is 1.56. The first kappa shape index (κ1) is 18.7. The molecule has 7 heteroatoms. The van der Waals surface area contributed by atoms with E-state index >= 15 is 0 Å². The number of aromatic nitrogens is 1. The van der Waals surface area contributed by atoms with Gasteiger partial charge >= 0.3 is 0 Å². The largest absolute Gasteiger partial charge is 0.490 e. The Kier molecular flexibility index (Phi) is 6.11. The Morgan fingerprint density at radius 3 is 2.73 bits per heavy atom. The van der Waals surface area contributed by atoms with Crippen LogP contribution in [-0.2, 0) is 13.0 Å². The Hall–Kier alpha value is -2.12. The molecule has 26 heavy (non-hydrogen) atoms. The number of carbonyl (C=O) groups is 1. The van der Waals surface area contributed by atoms with Gasteiger partial charge < -0.3 is 9.47 Å². The molecule has 0 unspecified atom stereocenters. The number of nitrogens with zero attached hydrogens (tertiary/aromatic N) is 2. The average molecular weight is 375 g/mol. The van der Waals surface area contributed by atoms with Crippen LogP contribution in [0.4, 0.5) is 5.13 Å². The summed E-state index contributed by atoms with van der Waals surface area (Å²) in [6, 6.07) is 5.24. The van der Waals surface area contributed by atoms with E-state index in [0.717, 1.165) is 31.7 Å². The number of fused-ring (bicyclic) bond motifs is 1. The minimum atomic E-state index is -0.188. The Labute approximate surface area is 158 Å². The monoisotopic (exact) mass is 375 g/mol. The van der Waals surface area contributed by atoms with Gasteiger partial charge in [-0.3, -0.25) is 15.0 Å². The second-order valence-electron chi connectivity index (χ2n) is 5.99. The van der Waals surface area contributed by atoms with Gasteiger partial charge in [-0.1, -0.05) is 6.92 Å². The van der Waals surface area contributed by atoms with E-state index in [2.05, 4.69) is 22.1 Å². The van der Waals surface area contributed by atoms with E-state index in [0.29, 0.717) is 35.4 Å². The summed E-state index contributed by atoms with van der Waals surface area (Å²) in [7, 11) is 0. The first-order chi connectivity index (χ1) is 12.6. The van der Waals surface area contributed by atoms with E-state index in [-0.39, 0.29) is 5.91 Å². The van der Waals surface area contributed by atoms with Gasteiger partial charge in [0.25, 0.3) is 5.91 Å². The van der Waals surface area contributed by atoms with E-state index in [4.69, 9.17) is 9.47 Å². The van der Waals surface area contributed by atoms with Crippen molar-refractivity contribution in [3.05, 3.63) is 34.3 Å². The summed E-state index contributed by atoms with van der Waals surface area (Å²) in [6.45, 7) is 10.0. The number of carbonyl (C=O) groups excluding carboxylic acids is 1. The van der Waals surface area contributed by atoms with Gasteiger partial charge in [-0.05, 0) is 38.6 Å². The predicted molar refractivity (Wildman–Crippen MR) is 104 cm³/mol. The highest BCUT2D eigenvalue weighted by Crippen LogP contribution is 2.31. The van der Waals surface area contributed by atoms with E-state index in [1.54, 1.807) is 29.5 Å². The SMILES string of the molecule is CCOc1ccc(C(=O)Nc2nc3c(s2)CN(CC)CC3)cc1OCC. The van der Waals surface area contributed by atoms with Crippen molar-refractivity contribution in [2.75, 3.05) is 31.6 Å². The highest BCUT2D eigenvalue weighted by atomic mass is 32.1. The maximum atomic E-state index is 12.6. The Bertz CT molecular complexity index is 775. The molecular weight excluding hydrogens is 350 g/mol. The lowest BCUT2D eigenvalue weighted by molar-refractivity contribution is 0.102. The number of nitrogens with one attached hydrogen (secondary N) is 1. The molecule has 0 bridgehead atoms. The molecule has 3 rings (SSSR count). The lowest BCUT2D eigenvalue weighted by Crippen LogP contribution is -2.29. The number of rotatable bonds is 7. The third-order valence-electron chi connectivity index (χ3n) is 4.28. The summed E-state index contributed by atoms with van der Waals surface area (Å²) in [6.07, 6.45) is 0.938. The molecule has 1 aromatic heterocycles. The molecule has 1 aliphatic heterocycles.